The van der Waals surface area contributed by atoms with Gasteiger partial charge < -0.3 is 19.3 Å². The number of aryl methyl sites for hydroxylation is 1. The lowest BCUT2D eigenvalue weighted by atomic mass is 10.2. The van der Waals surface area contributed by atoms with Gasteiger partial charge in [-0.3, -0.25) is 4.79 Å². The molecule has 1 N–H and O–H groups in total. The zero-order valence-corrected chi connectivity index (χ0v) is 20.0. The van der Waals surface area contributed by atoms with Gasteiger partial charge in [0.25, 0.3) is 5.91 Å². The molecular formula is C23H25N3O7S. The summed E-state index contributed by atoms with van der Waals surface area (Å²) in [6.07, 6.45) is -1.17. The molecule has 1 atom stereocenters. The normalized spacial score (nSPS) is 12.3. The number of anilines is 1. The minimum atomic E-state index is -4.02. The number of benzene rings is 2. The van der Waals surface area contributed by atoms with Gasteiger partial charge >= 0.3 is 5.97 Å². The standard InChI is InChI=1S/C23H25N3O7S/c1-15-12-21(25-33-15)24-22(27)16(2)32-23(28)18-10-11-19(31-4)20(13-18)34(29,30)26(3)14-17-8-6-5-7-9-17/h5-13,16H,14H2,1-4H3,(H,24,25,27). The zero-order valence-electron chi connectivity index (χ0n) is 19.1. The number of esters is 1. The van der Waals surface area contributed by atoms with Gasteiger partial charge in [-0.25, -0.2) is 13.2 Å². The molecule has 3 aromatic rings. The Morgan fingerprint density at radius 3 is 2.47 bits per heavy atom. The van der Waals surface area contributed by atoms with Crippen LogP contribution in [-0.4, -0.2) is 50.0 Å². The minimum absolute atomic E-state index is 0.0515. The van der Waals surface area contributed by atoms with E-state index in [1.165, 1.54) is 45.3 Å². The van der Waals surface area contributed by atoms with Gasteiger partial charge in [-0.15, -0.1) is 0 Å². The average molecular weight is 488 g/mol. The van der Waals surface area contributed by atoms with Crippen molar-refractivity contribution in [2.45, 2.75) is 31.4 Å². The molecular weight excluding hydrogens is 462 g/mol. The van der Waals surface area contributed by atoms with E-state index in [9.17, 15) is 18.0 Å². The fourth-order valence-corrected chi connectivity index (χ4v) is 4.37. The maximum absolute atomic E-state index is 13.2. The Morgan fingerprint density at radius 1 is 1.15 bits per heavy atom. The van der Waals surface area contributed by atoms with Gasteiger partial charge in [-0.2, -0.15) is 4.31 Å². The van der Waals surface area contributed by atoms with E-state index in [4.69, 9.17) is 14.0 Å². The van der Waals surface area contributed by atoms with Gasteiger partial charge in [0.15, 0.2) is 11.9 Å². The first-order valence-electron chi connectivity index (χ1n) is 10.2. The Bertz CT molecular complexity index is 1270. The first-order valence-corrected chi connectivity index (χ1v) is 11.7. The molecule has 2 aromatic carbocycles. The van der Waals surface area contributed by atoms with Gasteiger partial charge in [0.2, 0.25) is 10.0 Å². The number of carbonyl (C=O) groups excluding carboxylic acids is 2. The Morgan fingerprint density at radius 2 is 1.85 bits per heavy atom. The number of hydrogen-bond acceptors (Lipinski definition) is 8. The van der Waals surface area contributed by atoms with Crippen molar-refractivity contribution < 1.29 is 32.0 Å². The molecule has 10 nitrogen and oxygen atoms in total. The van der Waals surface area contributed by atoms with E-state index in [1.807, 2.05) is 30.3 Å². The Balaban J connectivity index is 1.78. The van der Waals surface area contributed by atoms with Crippen LogP contribution in [0.3, 0.4) is 0 Å². The van der Waals surface area contributed by atoms with E-state index in [2.05, 4.69) is 10.5 Å². The summed E-state index contributed by atoms with van der Waals surface area (Å²) in [5.74, 6) is -0.730. The van der Waals surface area contributed by atoms with E-state index in [-0.39, 0.29) is 28.6 Å². The molecule has 0 saturated heterocycles. The van der Waals surface area contributed by atoms with Crippen molar-refractivity contribution in [3.8, 4) is 5.75 Å². The molecule has 0 spiro atoms. The number of methoxy groups -OCH3 is 1. The largest absolute Gasteiger partial charge is 0.495 e. The predicted molar refractivity (Wildman–Crippen MR) is 123 cm³/mol. The fourth-order valence-electron chi connectivity index (χ4n) is 3.03. The molecule has 1 heterocycles. The van der Waals surface area contributed by atoms with E-state index in [0.717, 1.165) is 9.87 Å². The molecule has 1 aromatic heterocycles. The van der Waals surface area contributed by atoms with Crippen molar-refractivity contribution in [1.29, 1.82) is 0 Å². The molecule has 180 valence electrons. The number of sulfonamides is 1. The average Bonchev–Trinajstić information content (AvgIpc) is 3.23. The van der Waals surface area contributed by atoms with Gasteiger partial charge in [-0.1, -0.05) is 35.5 Å². The second-order valence-corrected chi connectivity index (χ2v) is 9.49. The molecule has 1 unspecified atom stereocenters. The lowest BCUT2D eigenvalue weighted by Gasteiger charge is -2.20. The number of carbonyl (C=O) groups is 2. The van der Waals surface area contributed by atoms with Crippen LogP contribution in [0.1, 0.15) is 28.6 Å². The molecule has 0 bridgehead atoms. The monoisotopic (exact) mass is 487 g/mol. The lowest BCUT2D eigenvalue weighted by molar-refractivity contribution is -0.123. The highest BCUT2D eigenvalue weighted by Gasteiger charge is 2.28. The van der Waals surface area contributed by atoms with Crippen molar-refractivity contribution >= 4 is 27.7 Å². The number of amides is 1. The molecule has 0 aliphatic rings. The van der Waals surface area contributed by atoms with Gasteiger partial charge in [-0.05, 0) is 37.6 Å². The second-order valence-electron chi connectivity index (χ2n) is 7.47. The third-order valence-electron chi connectivity index (χ3n) is 4.87. The number of nitrogens with zero attached hydrogens (tertiary/aromatic N) is 2. The number of aromatic nitrogens is 1. The van der Waals surface area contributed by atoms with Crippen LogP contribution in [0.5, 0.6) is 5.75 Å². The topological polar surface area (TPSA) is 128 Å². The van der Waals surface area contributed by atoms with Crippen molar-refractivity contribution in [3.63, 3.8) is 0 Å². The fraction of sp³-hybridized carbons (Fsp3) is 0.261. The first-order chi connectivity index (χ1) is 16.1. The van der Waals surface area contributed by atoms with Crippen LogP contribution in [-0.2, 0) is 26.1 Å². The maximum Gasteiger partial charge on any atom is 0.338 e. The van der Waals surface area contributed by atoms with Crippen LogP contribution >= 0.6 is 0 Å². The van der Waals surface area contributed by atoms with Crippen LogP contribution < -0.4 is 10.1 Å². The number of hydrogen-bond donors (Lipinski definition) is 1. The Labute approximate surface area is 197 Å². The summed E-state index contributed by atoms with van der Waals surface area (Å²) in [5, 5.41) is 6.11. The molecule has 0 radical (unpaired) electrons. The molecule has 0 saturated carbocycles. The second kappa shape index (κ2) is 10.5. The van der Waals surface area contributed by atoms with Crippen LogP contribution in [0.25, 0.3) is 0 Å². The van der Waals surface area contributed by atoms with Gasteiger partial charge in [0, 0.05) is 19.7 Å². The third-order valence-corrected chi connectivity index (χ3v) is 6.69. The highest BCUT2D eigenvalue weighted by atomic mass is 32.2. The molecule has 1 amide bonds. The van der Waals surface area contributed by atoms with Crippen molar-refractivity contribution in [3.05, 3.63) is 71.5 Å². The summed E-state index contributed by atoms with van der Waals surface area (Å²) >= 11 is 0. The predicted octanol–water partition coefficient (Wildman–Crippen LogP) is 3.00. The summed E-state index contributed by atoms with van der Waals surface area (Å²) in [6.45, 7) is 3.17. The van der Waals surface area contributed by atoms with E-state index >= 15 is 0 Å². The number of nitrogens with one attached hydrogen (secondary N) is 1. The maximum atomic E-state index is 13.2. The van der Waals surface area contributed by atoms with Crippen molar-refractivity contribution in [2.24, 2.45) is 0 Å². The minimum Gasteiger partial charge on any atom is -0.495 e. The zero-order chi connectivity index (χ0) is 24.9. The van der Waals surface area contributed by atoms with E-state index in [1.54, 1.807) is 6.92 Å². The highest BCUT2D eigenvalue weighted by molar-refractivity contribution is 7.89. The van der Waals surface area contributed by atoms with Crippen LogP contribution in [0.2, 0.25) is 0 Å². The van der Waals surface area contributed by atoms with E-state index < -0.39 is 28.0 Å². The summed E-state index contributed by atoms with van der Waals surface area (Å²) in [7, 11) is -1.25. The molecule has 0 aliphatic heterocycles. The molecule has 3 rings (SSSR count). The number of rotatable bonds is 9. The Hall–Kier alpha value is -3.70. The smallest absolute Gasteiger partial charge is 0.338 e. The molecule has 0 fully saturated rings. The van der Waals surface area contributed by atoms with E-state index in [0.29, 0.717) is 5.76 Å². The summed E-state index contributed by atoms with van der Waals surface area (Å²) in [4.78, 5) is 24.8. The molecule has 11 heteroatoms. The van der Waals surface area contributed by atoms with Crippen molar-refractivity contribution in [2.75, 3.05) is 19.5 Å². The SMILES string of the molecule is COc1ccc(C(=O)OC(C)C(=O)Nc2cc(C)on2)cc1S(=O)(=O)N(C)Cc1ccccc1. The van der Waals surface area contributed by atoms with Crippen LogP contribution in [0, 0.1) is 6.92 Å². The van der Waals surface area contributed by atoms with Gasteiger partial charge in [0.1, 0.15) is 16.4 Å². The highest BCUT2D eigenvalue weighted by Crippen LogP contribution is 2.28. The third kappa shape index (κ3) is 5.80. The molecule has 34 heavy (non-hydrogen) atoms. The summed E-state index contributed by atoms with van der Waals surface area (Å²) < 4.78 is 42.9. The van der Waals surface area contributed by atoms with Crippen LogP contribution in [0.4, 0.5) is 5.82 Å². The quantitative estimate of drug-likeness (QED) is 0.456. The Kier molecular flexibility index (Phi) is 7.69. The molecule has 0 aliphatic carbocycles. The first kappa shape index (κ1) is 24.9. The summed E-state index contributed by atoms with van der Waals surface area (Å²) in [6, 6.07) is 14.5. The lowest BCUT2D eigenvalue weighted by Crippen LogP contribution is -2.30. The van der Waals surface area contributed by atoms with Gasteiger partial charge in [0.05, 0.1) is 12.7 Å². The summed E-state index contributed by atoms with van der Waals surface area (Å²) in [5.41, 5.74) is 0.745. The van der Waals surface area contributed by atoms with Crippen LogP contribution in [0.15, 0.2) is 64.0 Å². The van der Waals surface area contributed by atoms with Crippen molar-refractivity contribution in [1.82, 2.24) is 9.46 Å². The number of ether oxygens (including phenoxy) is 2.